The molecule has 48 heavy (non-hydrogen) atoms. The van der Waals surface area contributed by atoms with Crippen molar-refractivity contribution >= 4 is 20.4 Å². The first kappa shape index (κ1) is 39.0. The maximum absolute atomic E-state index is 15.3. The Bertz CT molecular complexity index is 1510. The fourth-order valence-corrected chi connectivity index (χ4v) is 9.11. The van der Waals surface area contributed by atoms with Crippen LogP contribution in [0.4, 0.5) is 39.5 Å². The van der Waals surface area contributed by atoms with Gasteiger partial charge in [-0.2, -0.15) is 47.9 Å². The van der Waals surface area contributed by atoms with Crippen molar-refractivity contribution in [3.63, 3.8) is 0 Å². The van der Waals surface area contributed by atoms with Crippen molar-refractivity contribution in [2.24, 2.45) is 0 Å². The lowest BCUT2D eigenvalue weighted by Crippen LogP contribution is -2.63. The van der Waals surface area contributed by atoms with Gasteiger partial charge in [0.2, 0.25) is 0 Å². The Kier molecular flexibility index (Phi) is 12.2. The number of alkyl halides is 9. The number of hydrogen-bond acceptors (Lipinski definition) is 9. The van der Waals surface area contributed by atoms with Crippen LogP contribution in [0.2, 0.25) is 0 Å². The van der Waals surface area contributed by atoms with Gasteiger partial charge >= 0.3 is 33.4 Å². The molecule has 0 bridgehead atoms. The van der Waals surface area contributed by atoms with Crippen LogP contribution in [0, 0.1) is 0 Å². The first-order valence-electron chi connectivity index (χ1n) is 13.0. The molecule has 3 aromatic rings. The molecule has 0 saturated heterocycles. The van der Waals surface area contributed by atoms with Crippen LogP contribution in [0.15, 0.2) is 87.5 Å². The predicted molar refractivity (Wildman–Crippen MR) is 150 cm³/mol. The summed E-state index contributed by atoms with van der Waals surface area (Å²) < 4.78 is 189. The number of ether oxygens (including phenoxy) is 6. The van der Waals surface area contributed by atoms with Crippen LogP contribution in [0.3, 0.4) is 0 Å². The molecule has 0 heterocycles. The standard InChI is InChI=1S/C28H27F9O9S2/c1-40-16-43-19-7-4-10-22(13-19)47(23-11-5-8-20(14-23)44-17-41-2,24-12-6-9-21(15-24)45-18-42-3)46-48(38,39)28(36,37)26(31,32)25(29,30)27(33,34)35/h4-15H,16-18H2,1-3H3. The van der Waals surface area contributed by atoms with E-state index in [1.807, 2.05) is 0 Å². The highest BCUT2D eigenvalue weighted by Crippen LogP contribution is 2.72. The maximum Gasteiger partial charge on any atom is 0.460 e. The molecule has 268 valence electrons. The van der Waals surface area contributed by atoms with E-state index in [4.69, 9.17) is 32.1 Å². The number of methoxy groups -OCH3 is 3. The maximum atomic E-state index is 15.3. The van der Waals surface area contributed by atoms with Crippen molar-refractivity contribution in [2.45, 2.75) is 38.0 Å². The van der Waals surface area contributed by atoms with Gasteiger partial charge in [0, 0.05) is 36.0 Å². The van der Waals surface area contributed by atoms with Gasteiger partial charge in [0.25, 0.3) is 0 Å². The van der Waals surface area contributed by atoms with E-state index in [0.717, 1.165) is 36.4 Å². The number of hydrogen-bond donors (Lipinski definition) is 0. The van der Waals surface area contributed by atoms with Crippen molar-refractivity contribution in [3.8, 4) is 17.2 Å². The van der Waals surface area contributed by atoms with E-state index >= 15 is 8.78 Å². The number of benzene rings is 3. The van der Waals surface area contributed by atoms with Crippen molar-refractivity contribution in [3.05, 3.63) is 72.8 Å². The average Bonchev–Trinajstić information content (AvgIpc) is 3.04. The van der Waals surface area contributed by atoms with Crippen LogP contribution in [-0.4, -0.2) is 73.4 Å². The summed E-state index contributed by atoms with van der Waals surface area (Å²) in [6.45, 7) is -1.20. The van der Waals surface area contributed by atoms with Crippen molar-refractivity contribution in [1.29, 1.82) is 0 Å². The van der Waals surface area contributed by atoms with E-state index in [2.05, 4.69) is 0 Å². The molecule has 0 radical (unpaired) electrons. The van der Waals surface area contributed by atoms with E-state index in [1.54, 1.807) is 0 Å². The van der Waals surface area contributed by atoms with Gasteiger partial charge in [0.05, 0.1) is 0 Å². The second kappa shape index (κ2) is 15.0. The Morgan fingerprint density at radius 3 is 1.17 bits per heavy atom. The third-order valence-corrected chi connectivity index (χ3v) is 11.2. The molecular formula is C28H27F9O9S2. The van der Waals surface area contributed by atoms with Crippen LogP contribution < -0.4 is 14.2 Å². The first-order chi connectivity index (χ1) is 22.3. The summed E-state index contributed by atoms with van der Waals surface area (Å²) in [4.78, 5) is -1.22. The second-order valence-corrected chi connectivity index (χ2v) is 13.8. The van der Waals surface area contributed by atoms with Gasteiger partial charge < -0.3 is 28.4 Å². The van der Waals surface area contributed by atoms with Crippen molar-refractivity contribution in [1.82, 2.24) is 0 Å². The Morgan fingerprint density at radius 2 is 0.875 bits per heavy atom. The first-order valence-corrected chi connectivity index (χ1v) is 15.9. The molecule has 0 aliphatic heterocycles. The molecule has 0 N–H and O–H groups in total. The zero-order chi connectivity index (χ0) is 36.0. The summed E-state index contributed by atoms with van der Waals surface area (Å²) in [6, 6.07) is 13.9. The lowest BCUT2D eigenvalue weighted by atomic mass is 10.1. The zero-order valence-corrected chi connectivity index (χ0v) is 26.6. The molecule has 9 nitrogen and oxygen atoms in total. The summed E-state index contributed by atoms with van der Waals surface area (Å²) in [5, 5.41) is -7.18. The quantitative estimate of drug-likeness (QED) is 0.102. The highest BCUT2D eigenvalue weighted by atomic mass is 32.3. The summed E-state index contributed by atoms with van der Waals surface area (Å²) in [5.74, 6) is -15.5. The molecule has 20 heteroatoms. The molecule has 3 aromatic carbocycles. The Labute approximate surface area is 270 Å². The Balaban J connectivity index is 2.47. The van der Waals surface area contributed by atoms with Crippen molar-refractivity contribution < 1.29 is 80.0 Å². The van der Waals surface area contributed by atoms with Gasteiger partial charge in [-0.3, -0.25) is 0 Å². The highest BCUT2D eigenvalue weighted by Gasteiger charge is 2.86. The Hall–Kier alpha value is -3.43. The summed E-state index contributed by atoms with van der Waals surface area (Å²) >= 11 is 0. The topological polar surface area (TPSA) is 98.8 Å². The minimum absolute atomic E-state index is 0.119. The largest absolute Gasteiger partial charge is 0.468 e. The number of halogens is 9. The molecule has 0 saturated carbocycles. The molecular weight excluding hydrogens is 715 g/mol. The monoisotopic (exact) mass is 742 g/mol. The average molecular weight is 743 g/mol. The van der Waals surface area contributed by atoms with Crippen LogP contribution in [0.5, 0.6) is 17.2 Å². The number of rotatable bonds is 17. The molecule has 0 unspecified atom stereocenters. The molecule has 3 rings (SSSR count). The van der Waals surface area contributed by atoms with Gasteiger partial charge in [-0.05, 0) is 64.9 Å². The normalized spacial score (nSPS) is 13.7. The summed E-state index contributed by atoms with van der Waals surface area (Å²) in [5.41, 5.74) is 0. The van der Waals surface area contributed by atoms with Crippen LogP contribution in [0.1, 0.15) is 0 Å². The van der Waals surface area contributed by atoms with Gasteiger partial charge in [-0.25, -0.2) is 3.63 Å². The lowest BCUT2D eigenvalue weighted by molar-refractivity contribution is -0.382. The van der Waals surface area contributed by atoms with E-state index in [1.165, 1.54) is 57.7 Å². The van der Waals surface area contributed by atoms with Crippen LogP contribution >= 0.6 is 10.3 Å². The molecule has 0 aromatic heterocycles. The summed E-state index contributed by atoms with van der Waals surface area (Å²) in [6.07, 6.45) is -7.30. The third kappa shape index (κ3) is 7.57. The third-order valence-electron chi connectivity index (χ3n) is 6.06. The Morgan fingerprint density at radius 1 is 0.542 bits per heavy atom. The van der Waals surface area contributed by atoms with Gasteiger partial charge in [-0.1, -0.05) is 18.2 Å². The zero-order valence-electron chi connectivity index (χ0n) is 24.9. The molecule has 0 atom stereocenters. The SMILES string of the molecule is COCOc1cccc(S(OS(=O)(=O)C(F)(F)C(F)(F)C(F)(F)C(F)(F)F)(c2cccc(OCOC)c2)c2cccc(OCOC)c2)c1. The molecule has 0 aliphatic carbocycles. The van der Waals surface area contributed by atoms with E-state index < -0.39 is 78.8 Å². The predicted octanol–water partition coefficient (Wildman–Crippen LogP) is 7.60. The fourth-order valence-electron chi connectivity index (χ4n) is 3.83. The minimum Gasteiger partial charge on any atom is -0.468 e. The summed E-state index contributed by atoms with van der Waals surface area (Å²) in [7, 11) is -8.20. The van der Waals surface area contributed by atoms with E-state index in [9.17, 15) is 39.2 Å². The molecule has 0 fully saturated rings. The van der Waals surface area contributed by atoms with Gasteiger partial charge in [0.15, 0.2) is 20.4 Å². The molecule has 0 spiro atoms. The van der Waals surface area contributed by atoms with Crippen LogP contribution in [0.25, 0.3) is 0 Å². The smallest absolute Gasteiger partial charge is 0.460 e. The molecule has 0 amide bonds. The lowest BCUT2D eigenvalue weighted by Gasteiger charge is -2.41. The van der Waals surface area contributed by atoms with Crippen LogP contribution in [-0.2, 0) is 28.0 Å². The molecule has 0 aliphatic rings. The van der Waals surface area contributed by atoms with Gasteiger partial charge in [-0.15, -0.1) is 0 Å². The fraction of sp³-hybridized carbons (Fsp3) is 0.357. The highest BCUT2D eigenvalue weighted by molar-refractivity contribution is 8.33. The van der Waals surface area contributed by atoms with E-state index in [-0.39, 0.29) is 17.2 Å². The van der Waals surface area contributed by atoms with Crippen molar-refractivity contribution in [2.75, 3.05) is 41.7 Å². The van der Waals surface area contributed by atoms with E-state index in [0.29, 0.717) is 0 Å². The van der Waals surface area contributed by atoms with Gasteiger partial charge in [0.1, 0.15) is 17.2 Å². The minimum atomic E-state index is -7.57. The second-order valence-electron chi connectivity index (χ2n) is 9.32.